The molecular weight excluding hydrogens is 240 g/mol. The van der Waals surface area contributed by atoms with Gasteiger partial charge in [0.15, 0.2) is 0 Å². The van der Waals surface area contributed by atoms with E-state index in [1.54, 1.807) is 0 Å². The Bertz CT molecular complexity index is 76.1. The van der Waals surface area contributed by atoms with E-state index < -0.39 is 3.42 Å². The van der Waals surface area contributed by atoms with E-state index in [2.05, 4.69) is 31.9 Å². The maximum atomic E-state index is 5.17. The Morgan fingerprint density at radius 1 is 1.25 bits per heavy atom. The van der Waals surface area contributed by atoms with Crippen molar-refractivity contribution in [3.05, 3.63) is 0 Å². The zero-order valence-corrected chi connectivity index (χ0v) is 7.37. The van der Waals surface area contributed by atoms with Gasteiger partial charge in [-0.3, -0.25) is 0 Å². The van der Waals surface area contributed by atoms with Crippen LogP contribution in [0.2, 0.25) is 0 Å². The third-order valence-corrected chi connectivity index (χ3v) is 1.73. The largest absolute Gasteiger partial charge is 0.374 e. The van der Waals surface area contributed by atoms with Crippen molar-refractivity contribution in [3.63, 3.8) is 0 Å². The molecule has 0 unspecified atom stereocenters. The highest BCUT2D eigenvalue weighted by atomic mass is 79.9. The van der Waals surface area contributed by atoms with Gasteiger partial charge in [-0.25, -0.2) is 0 Å². The Morgan fingerprint density at radius 3 is 2.25 bits per heavy atom. The summed E-state index contributed by atoms with van der Waals surface area (Å²) >= 11 is 6.52. The monoisotopic (exact) mass is 244 g/mol. The minimum atomic E-state index is -0.418. The molecular formula is C4H6Br2O2. The zero-order valence-electron chi connectivity index (χ0n) is 4.19. The predicted molar refractivity (Wildman–Crippen MR) is 37.4 cm³/mol. The highest BCUT2D eigenvalue weighted by Crippen LogP contribution is 2.29. The minimum Gasteiger partial charge on any atom is -0.374 e. The fraction of sp³-hybridized carbons (Fsp3) is 1.00. The molecule has 0 spiro atoms. The SMILES string of the molecule is BrC1(Br)COCCO1. The second kappa shape index (κ2) is 2.64. The molecule has 1 aliphatic rings. The Hall–Kier alpha value is 0.880. The number of alkyl halides is 2. The molecule has 0 aromatic heterocycles. The number of ether oxygens (including phenoxy) is 2. The summed E-state index contributed by atoms with van der Waals surface area (Å²) in [4.78, 5) is 0. The van der Waals surface area contributed by atoms with Crippen molar-refractivity contribution in [1.29, 1.82) is 0 Å². The second-order valence-electron chi connectivity index (χ2n) is 1.54. The highest BCUT2D eigenvalue weighted by Gasteiger charge is 2.26. The van der Waals surface area contributed by atoms with Crippen LogP contribution >= 0.6 is 31.9 Å². The van der Waals surface area contributed by atoms with Gasteiger partial charge in [0, 0.05) is 0 Å². The van der Waals surface area contributed by atoms with Crippen LogP contribution in [0, 0.1) is 0 Å². The Morgan fingerprint density at radius 2 is 2.00 bits per heavy atom. The molecule has 0 aromatic carbocycles. The molecule has 1 fully saturated rings. The molecule has 0 atom stereocenters. The van der Waals surface area contributed by atoms with Gasteiger partial charge in [0.2, 0.25) is 3.42 Å². The van der Waals surface area contributed by atoms with Crippen LogP contribution in [-0.4, -0.2) is 23.2 Å². The molecule has 4 heteroatoms. The van der Waals surface area contributed by atoms with Gasteiger partial charge in [0.25, 0.3) is 0 Å². The fourth-order valence-electron chi connectivity index (χ4n) is 0.483. The predicted octanol–water partition coefficient (Wildman–Crippen LogP) is 1.48. The van der Waals surface area contributed by atoms with Crippen molar-refractivity contribution >= 4 is 31.9 Å². The van der Waals surface area contributed by atoms with E-state index in [4.69, 9.17) is 9.47 Å². The van der Waals surface area contributed by atoms with Gasteiger partial charge < -0.3 is 9.47 Å². The summed E-state index contributed by atoms with van der Waals surface area (Å²) in [5, 5.41) is 0. The average Bonchev–Trinajstić information content (AvgIpc) is 1.65. The molecule has 0 aromatic rings. The normalized spacial score (nSPS) is 27.8. The van der Waals surface area contributed by atoms with Crippen LogP contribution in [0.1, 0.15) is 0 Å². The summed E-state index contributed by atoms with van der Waals surface area (Å²) in [6.07, 6.45) is 0. The van der Waals surface area contributed by atoms with Gasteiger partial charge in [0.1, 0.15) is 0 Å². The van der Waals surface area contributed by atoms with Gasteiger partial charge in [-0.1, -0.05) is 0 Å². The first-order chi connectivity index (χ1) is 3.71. The van der Waals surface area contributed by atoms with E-state index in [1.807, 2.05) is 0 Å². The maximum Gasteiger partial charge on any atom is 0.201 e. The highest BCUT2D eigenvalue weighted by molar-refractivity contribution is 9.25. The molecule has 1 rings (SSSR count). The van der Waals surface area contributed by atoms with E-state index >= 15 is 0 Å². The van der Waals surface area contributed by atoms with Gasteiger partial charge in [-0.05, 0) is 31.9 Å². The van der Waals surface area contributed by atoms with Crippen LogP contribution in [0.15, 0.2) is 0 Å². The van der Waals surface area contributed by atoms with Crippen LogP contribution in [-0.2, 0) is 9.47 Å². The third kappa shape index (κ3) is 2.01. The minimum absolute atomic E-state index is 0.418. The summed E-state index contributed by atoms with van der Waals surface area (Å²) in [5.41, 5.74) is 0. The maximum absolute atomic E-state index is 5.17. The van der Waals surface area contributed by atoms with Gasteiger partial charge in [-0.15, -0.1) is 0 Å². The molecule has 0 N–H and O–H groups in total. The quantitative estimate of drug-likeness (QED) is 0.602. The van der Waals surface area contributed by atoms with E-state index in [0.29, 0.717) is 19.8 Å². The number of halogens is 2. The van der Waals surface area contributed by atoms with E-state index in [-0.39, 0.29) is 0 Å². The summed E-state index contributed by atoms with van der Waals surface area (Å²) < 4.78 is 9.82. The van der Waals surface area contributed by atoms with Crippen molar-refractivity contribution in [3.8, 4) is 0 Å². The van der Waals surface area contributed by atoms with Crippen LogP contribution in [0.4, 0.5) is 0 Å². The van der Waals surface area contributed by atoms with Crippen LogP contribution < -0.4 is 0 Å². The molecule has 0 amide bonds. The van der Waals surface area contributed by atoms with Crippen molar-refractivity contribution in [2.75, 3.05) is 19.8 Å². The topological polar surface area (TPSA) is 18.5 Å². The molecule has 0 bridgehead atoms. The standard InChI is InChI=1S/C4H6Br2O2/c5-4(6)3-7-1-2-8-4/h1-3H2. The smallest absolute Gasteiger partial charge is 0.201 e. The summed E-state index contributed by atoms with van der Waals surface area (Å²) in [6.45, 7) is 1.91. The van der Waals surface area contributed by atoms with Crippen molar-refractivity contribution in [1.82, 2.24) is 0 Å². The van der Waals surface area contributed by atoms with E-state index in [9.17, 15) is 0 Å². The lowest BCUT2D eigenvalue weighted by atomic mass is 10.6. The molecule has 1 saturated heterocycles. The van der Waals surface area contributed by atoms with Gasteiger partial charge in [0.05, 0.1) is 19.8 Å². The van der Waals surface area contributed by atoms with Gasteiger partial charge in [-0.2, -0.15) is 0 Å². The Labute approximate surface area is 64.8 Å². The second-order valence-corrected chi connectivity index (χ2v) is 5.16. The Kier molecular flexibility index (Phi) is 2.31. The molecule has 1 heterocycles. The molecule has 48 valence electrons. The number of rotatable bonds is 0. The lowest BCUT2D eigenvalue weighted by Crippen LogP contribution is -2.31. The molecule has 0 radical (unpaired) electrons. The van der Waals surface area contributed by atoms with Crippen molar-refractivity contribution in [2.24, 2.45) is 0 Å². The first kappa shape index (κ1) is 6.99. The van der Waals surface area contributed by atoms with Crippen molar-refractivity contribution < 1.29 is 9.47 Å². The lowest BCUT2D eigenvalue weighted by Gasteiger charge is -2.25. The van der Waals surface area contributed by atoms with Crippen LogP contribution in [0.25, 0.3) is 0 Å². The third-order valence-electron chi connectivity index (χ3n) is 0.811. The van der Waals surface area contributed by atoms with Crippen molar-refractivity contribution in [2.45, 2.75) is 3.42 Å². The first-order valence-corrected chi connectivity index (χ1v) is 3.89. The lowest BCUT2D eigenvalue weighted by molar-refractivity contribution is -0.0592. The average molecular weight is 246 g/mol. The van der Waals surface area contributed by atoms with Crippen LogP contribution in [0.3, 0.4) is 0 Å². The Balaban J connectivity index is 2.33. The summed E-state index contributed by atoms with van der Waals surface area (Å²) in [6, 6.07) is 0. The fourth-order valence-corrected chi connectivity index (χ4v) is 1.13. The summed E-state index contributed by atoms with van der Waals surface area (Å²) in [5.74, 6) is 0. The van der Waals surface area contributed by atoms with E-state index in [1.165, 1.54) is 0 Å². The molecule has 2 nitrogen and oxygen atoms in total. The molecule has 0 aliphatic carbocycles. The number of hydrogen-bond acceptors (Lipinski definition) is 2. The van der Waals surface area contributed by atoms with E-state index in [0.717, 1.165) is 0 Å². The van der Waals surface area contributed by atoms with Crippen LogP contribution in [0.5, 0.6) is 0 Å². The zero-order chi connectivity index (χ0) is 6.04. The molecule has 8 heavy (non-hydrogen) atoms. The molecule has 1 aliphatic heterocycles. The van der Waals surface area contributed by atoms with Gasteiger partial charge >= 0.3 is 0 Å². The number of hydrogen-bond donors (Lipinski definition) is 0. The summed E-state index contributed by atoms with van der Waals surface area (Å²) in [7, 11) is 0. The molecule has 0 saturated carbocycles. The first-order valence-electron chi connectivity index (χ1n) is 2.30.